The summed E-state index contributed by atoms with van der Waals surface area (Å²) >= 11 is 6.32. The first-order chi connectivity index (χ1) is 17.8. The average molecular weight is 531 g/mol. The molecule has 2 aromatic carbocycles. The molecule has 2 fully saturated rings. The molecule has 2 saturated heterocycles. The number of hydrogen-bond donors (Lipinski definition) is 1. The van der Waals surface area contributed by atoms with E-state index in [-0.39, 0.29) is 23.8 Å². The molecule has 0 aliphatic carbocycles. The van der Waals surface area contributed by atoms with Crippen LogP contribution in [-0.2, 0) is 16.1 Å². The minimum atomic E-state index is -0.253. The fourth-order valence-corrected chi connectivity index (χ4v) is 4.78. The van der Waals surface area contributed by atoms with Gasteiger partial charge in [-0.25, -0.2) is 9.18 Å². The van der Waals surface area contributed by atoms with E-state index in [0.29, 0.717) is 68.0 Å². The first-order valence-corrected chi connectivity index (χ1v) is 12.7. The van der Waals surface area contributed by atoms with Crippen molar-refractivity contribution in [1.82, 2.24) is 14.7 Å². The predicted molar refractivity (Wildman–Crippen MR) is 141 cm³/mol. The number of rotatable bonds is 6. The normalized spacial score (nSPS) is 18.8. The predicted octanol–water partition coefficient (Wildman–Crippen LogP) is 4.10. The first kappa shape index (κ1) is 26.9. The molecular weight excluding hydrogens is 499 g/mol. The Morgan fingerprint density at radius 2 is 1.89 bits per heavy atom. The van der Waals surface area contributed by atoms with Crippen LogP contribution >= 0.6 is 11.6 Å². The molecule has 2 aliphatic rings. The molecule has 37 heavy (non-hydrogen) atoms. The SMILES string of the molecule is COc1cc(/C=C/C(=O)N2CCN(Cc3ccc(F)cc3)C[C@H]2C)c(NC(=O)N2CCOCC2)cc1Cl. The van der Waals surface area contributed by atoms with Gasteiger partial charge in [-0.15, -0.1) is 0 Å². The highest BCUT2D eigenvalue weighted by atomic mass is 35.5. The van der Waals surface area contributed by atoms with Crippen molar-refractivity contribution in [2.75, 3.05) is 58.4 Å². The Labute approximate surface area is 221 Å². The summed E-state index contributed by atoms with van der Waals surface area (Å²) in [5, 5.41) is 3.26. The number of carbonyl (C=O) groups is 2. The van der Waals surface area contributed by atoms with Crippen LogP contribution in [0.2, 0.25) is 5.02 Å². The monoisotopic (exact) mass is 530 g/mol. The molecule has 4 rings (SSSR count). The highest BCUT2D eigenvalue weighted by Crippen LogP contribution is 2.32. The second-order valence-corrected chi connectivity index (χ2v) is 9.59. The molecule has 10 heteroatoms. The number of piperazine rings is 1. The number of nitrogens with one attached hydrogen (secondary N) is 1. The number of anilines is 1. The number of morpholine rings is 1. The van der Waals surface area contributed by atoms with E-state index in [1.807, 2.05) is 11.8 Å². The molecule has 0 aromatic heterocycles. The molecule has 0 radical (unpaired) electrons. The zero-order valence-corrected chi connectivity index (χ0v) is 21.8. The number of methoxy groups -OCH3 is 1. The van der Waals surface area contributed by atoms with E-state index >= 15 is 0 Å². The zero-order valence-electron chi connectivity index (χ0n) is 21.1. The molecule has 3 amide bonds. The summed E-state index contributed by atoms with van der Waals surface area (Å²) in [5.74, 6) is 0.0793. The first-order valence-electron chi connectivity index (χ1n) is 12.3. The Kier molecular flexibility index (Phi) is 9.02. The van der Waals surface area contributed by atoms with Crippen LogP contribution in [0.4, 0.5) is 14.9 Å². The molecule has 1 N–H and O–H groups in total. The molecule has 0 unspecified atom stereocenters. The number of benzene rings is 2. The van der Waals surface area contributed by atoms with Gasteiger partial charge in [0.05, 0.1) is 31.0 Å². The van der Waals surface area contributed by atoms with Crippen LogP contribution in [0.25, 0.3) is 6.08 Å². The summed E-state index contributed by atoms with van der Waals surface area (Å²) < 4.78 is 23.8. The lowest BCUT2D eigenvalue weighted by molar-refractivity contribution is -0.130. The van der Waals surface area contributed by atoms with Crippen LogP contribution in [0.5, 0.6) is 5.75 Å². The largest absolute Gasteiger partial charge is 0.495 e. The average Bonchev–Trinajstić information content (AvgIpc) is 2.90. The topological polar surface area (TPSA) is 74.4 Å². The standard InChI is InChI=1S/C27H32ClFN4O4/c1-19-17-31(18-20-3-6-22(29)7-4-20)9-10-33(19)26(34)8-5-21-15-25(36-2)23(28)16-24(21)30-27(35)32-11-13-37-14-12-32/h3-8,15-16,19H,9-14,17-18H2,1-2H3,(H,30,35)/b8-5+/t19-/m1/s1. The van der Waals surface area contributed by atoms with Gasteiger partial charge in [0.1, 0.15) is 11.6 Å². The Bertz CT molecular complexity index is 1140. The zero-order chi connectivity index (χ0) is 26.4. The molecule has 0 spiro atoms. The maximum Gasteiger partial charge on any atom is 0.322 e. The lowest BCUT2D eigenvalue weighted by Crippen LogP contribution is -2.53. The van der Waals surface area contributed by atoms with Gasteiger partial charge in [0.2, 0.25) is 5.91 Å². The van der Waals surface area contributed by atoms with Gasteiger partial charge in [-0.05, 0) is 42.8 Å². The van der Waals surface area contributed by atoms with Gasteiger partial charge in [-0.2, -0.15) is 0 Å². The third-order valence-corrected chi connectivity index (χ3v) is 6.88. The van der Waals surface area contributed by atoms with Crippen LogP contribution < -0.4 is 10.1 Å². The summed E-state index contributed by atoms with van der Waals surface area (Å²) in [7, 11) is 1.51. The molecule has 0 saturated carbocycles. The Morgan fingerprint density at radius 3 is 2.57 bits per heavy atom. The minimum absolute atomic E-state index is 0.00611. The smallest absolute Gasteiger partial charge is 0.322 e. The van der Waals surface area contributed by atoms with E-state index in [2.05, 4.69) is 10.2 Å². The van der Waals surface area contributed by atoms with E-state index in [4.69, 9.17) is 21.1 Å². The summed E-state index contributed by atoms with van der Waals surface area (Å²) in [6, 6.07) is 9.58. The van der Waals surface area contributed by atoms with Crippen molar-refractivity contribution >= 4 is 35.3 Å². The Hall–Kier alpha value is -3.14. The third-order valence-electron chi connectivity index (χ3n) is 6.58. The third kappa shape index (κ3) is 7.00. The number of carbonyl (C=O) groups excluding carboxylic acids is 2. The fraction of sp³-hybridized carbons (Fsp3) is 0.407. The number of amides is 3. The maximum absolute atomic E-state index is 13.2. The molecule has 8 nitrogen and oxygen atoms in total. The summed E-state index contributed by atoms with van der Waals surface area (Å²) in [4.78, 5) is 31.6. The minimum Gasteiger partial charge on any atom is -0.495 e. The summed E-state index contributed by atoms with van der Waals surface area (Å²) in [5.41, 5.74) is 2.14. The van der Waals surface area contributed by atoms with Crippen LogP contribution in [0.1, 0.15) is 18.1 Å². The van der Waals surface area contributed by atoms with Gasteiger partial charge in [0, 0.05) is 56.9 Å². The number of ether oxygens (including phenoxy) is 2. The highest BCUT2D eigenvalue weighted by Gasteiger charge is 2.26. The summed E-state index contributed by atoms with van der Waals surface area (Å²) in [6.45, 7) is 6.73. The number of nitrogens with zero attached hydrogens (tertiary/aromatic N) is 3. The molecule has 2 heterocycles. The fourth-order valence-electron chi connectivity index (χ4n) is 4.54. The van der Waals surface area contributed by atoms with E-state index in [1.165, 1.54) is 25.3 Å². The molecule has 2 aliphatic heterocycles. The van der Waals surface area contributed by atoms with E-state index < -0.39 is 0 Å². The van der Waals surface area contributed by atoms with Crippen LogP contribution in [0, 0.1) is 5.82 Å². The second kappa shape index (κ2) is 12.4. The maximum atomic E-state index is 13.2. The van der Waals surface area contributed by atoms with Crippen LogP contribution in [0.3, 0.4) is 0 Å². The van der Waals surface area contributed by atoms with Crippen LogP contribution in [0.15, 0.2) is 42.5 Å². The molecule has 1 atom stereocenters. The van der Waals surface area contributed by atoms with Crippen molar-refractivity contribution in [2.24, 2.45) is 0 Å². The van der Waals surface area contributed by atoms with Crippen molar-refractivity contribution < 1.29 is 23.5 Å². The second-order valence-electron chi connectivity index (χ2n) is 9.18. The van der Waals surface area contributed by atoms with Crippen molar-refractivity contribution in [3.63, 3.8) is 0 Å². The Balaban J connectivity index is 1.42. The van der Waals surface area contributed by atoms with E-state index in [1.54, 1.807) is 35.2 Å². The quantitative estimate of drug-likeness (QED) is 0.569. The number of hydrogen-bond acceptors (Lipinski definition) is 5. The van der Waals surface area contributed by atoms with Gasteiger partial charge in [0.25, 0.3) is 0 Å². The van der Waals surface area contributed by atoms with Gasteiger partial charge in [0.15, 0.2) is 0 Å². The lowest BCUT2D eigenvalue weighted by atomic mass is 10.1. The van der Waals surface area contributed by atoms with Crippen molar-refractivity contribution in [3.05, 3.63) is 64.4 Å². The molecule has 2 aromatic rings. The van der Waals surface area contributed by atoms with Gasteiger partial charge in [-0.1, -0.05) is 23.7 Å². The Morgan fingerprint density at radius 1 is 1.16 bits per heavy atom. The number of halogens is 2. The van der Waals surface area contributed by atoms with Crippen molar-refractivity contribution in [1.29, 1.82) is 0 Å². The summed E-state index contributed by atoms with van der Waals surface area (Å²) in [6.07, 6.45) is 3.19. The molecule has 0 bridgehead atoms. The van der Waals surface area contributed by atoms with E-state index in [0.717, 1.165) is 12.1 Å². The van der Waals surface area contributed by atoms with Crippen molar-refractivity contribution in [2.45, 2.75) is 19.5 Å². The highest BCUT2D eigenvalue weighted by molar-refractivity contribution is 6.32. The van der Waals surface area contributed by atoms with Crippen LogP contribution in [-0.4, -0.2) is 85.7 Å². The van der Waals surface area contributed by atoms with Gasteiger partial charge >= 0.3 is 6.03 Å². The van der Waals surface area contributed by atoms with E-state index in [9.17, 15) is 14.0 Å². The van der Waals surface area contributed by atoms with Gasteiger partial charge < -0.3 is 24.6 Å². The lowest BCUT2D eigenvalue weighted by Gasteiger charge is -2.39. The molecular formula is C27H32ClFN4O4. The number of urea groups is 1. The van der Waals surface area contributed by atoms with Crippen molar-refractivity contribution in [3.8, 4) is 5.75 Å². The van der Waals surface area contributed by atoms with Gasteiger partial charge in [-0.3, -0.25) is 9.69 Å². The molecule has 198 valence electrons.